The number of aliphatic hydroxyl groups excluding tert-OH is 1. The molecule has 0 aliphatic carbocycles. The van der Waals surface area contributed by atoms with Gasteiger partial charge in [-0.25, -0.2) is 0 Å². The van der Waals surface area contributed by atoms with Gasteiger partial charge in [-0.1, -0.05) is 18.2 Å². The van der Waals surface area contributed by atoms with Gasteiger partial charge in [0.15, 0.2) is 5.69 Å². The summed E-state index contributed by atoms with van der Waals surface area (Å²) < 4.78 is 0. The monoisotopic (exact) mass is 331 g/mol. The van der Waals surface area contributed by atoms with Crippen molar-refractivity contribution in [2.24, 2.45) is 5.92 Å². The van der Waals surface area contributed by atoms with Gasteiger partial charge in [0, 0.05) is 30.9 Å². The Kier molecular flexibility index (Phi) is 4.77. The molecule has 2 aromatic rings. The molecule has 1 aliphatic rings. The van der Waals surface area contributed by atoms with Crippen molar-refractivity contribution < 1.29 is 14.7 Å². The fourth-order valence-electron chi connectivity index (χ4n) is 2.78. The van der Waals surface area contributed by atoms with E-state index >= 15 is 0 Å². The van der Waals surface area contributed by atoms with E-state index in [9.17, 15) is 14.7 Å². The smallest absolute Gasteiger partial charge is 0.273 e. The molecule has 8 heteroatoms. The number of H-pyrrole nitrogens is 1. The lowest BCUT2D eigenvalue weighted by Crippen LogP contribution is -2.47. The number of aromatic nitrogens is 2. The molecule has 2 heterocycles. The van der Waals surface area contributed by atoms with Crippen LogP contribution in [0.15, 0.2) is 24.3 Å². The van der Waals surface area contributed by atoms with Gasteiger partial charge < -0.3 is 21.1 Å². The van der Waals surface area contributed by atoms with Gasteiger partial charge in [0.2, 0.25) is 5.91 Å². The molecule has 0 radical (unpaired) electrons. The van der Waals surface area contributed by atoms with Gasteiger partial charge in [0.05, 0.1) is 11.6 Å². The Morgan fingerprint density at radius 1 is 1.38 bits per heavy atom. The first-order valence-electron chi connectivity index (χ1n) is 7.96. The minimum absolute atomic E-state index is 0.00728. The van der Waals surface area contributed by atoms with Crippen LogP contribution in [0.2, 0.25) is 0 Å². The van der Waals surface area contributed by atoms with Gasteiger partial charge in [-0.3, -0.25) is 14.7 Å². The number of β-amino-alcohol motifs (C(OH)–C–C–N with tert-alkyl or cyclic N) is 1. The number of nitrogens with zero attached hydrogens (tertiary/aromatic N) is 1. The number of para-hydroxylation sites is 1. The molecule has 1 aromatic heterocycles. The largest absolute Gasteiger partial charge is 0.391 e. The lowest BCUT2D eigenvalue weighted by atomic mass is 10.1. The van der Waals surface area contributed by atoms with Crippen LogP contribution in [-0.2, 0) is 4.79 Å². The molecule has 3 rings (SSSR count). The molecule has 0 saturated carbocycles. The highest BCUT2D eigenvalue weighted by atomic mass is 16.3. The third-order valence-electron chi connectivity index (χ3n) is 4.27. The maximum Gasteiger partial charge on any atom is 0.273 e. The number of carbonyl (C=O) groups excluding carboxylic acids is 2. The SMILES string of the molecule is CC(NC(=O)c1n[nH]c2ccccc12)C(=O)NCC1CNCC1O. The molecule has 128 valence electrons. The van der Waals surface area contributed by atoms with Crippen molar-refractivity contribution in [1.29, 1.82) is 0 Å². The number of nitrogens with one attached hydrogen (secondary N) is 4. The van der Waals surface area contributed by atoms with E-state index in [-0.39, 0.29) is 17.5 Å². The number of aliphatic hydroxyl groups is 1. The molecule has 2 amide bonds. The van der Waals surface area contributed by atoms with Gasteiger partial charge in [-0.2, -0.15) is 5.10 Å². The van der Waals surface area contributed by atoms with Crippen LogP contribution in [0.3, 0.4) is 0 Å². The molecule has 1 saturated heterocycles. The van der Waals surface area contributed by atoms with Gasteiger partial charge >= 0.3 is 0 Å². The van der Waals surface area contributed by atoms with Crippen LogP contribution in [-0.4, -0.2) is 58.9 Å². The molecule has 1 aliphatic heterocycles. The Bertz CT molecular complexity index is 744. The number of hydrogen-bond acceptors (Lipinski definition) is 5. The Morgan fingerprint density at radius 3 is 2.92 bits per heavy atom. The normalized spacial score (nSPS) is 21.6. The van der Waals surface area contributed by atoms with E-state index in [1.165, 1.54) is 0 Å². The fourth-order valence-corrected chi connectivity index (χ4v) is 2.78. The van der Waals surface area contributed by atoms with Gasteiger partial charge in [-0.15, -0.1) is 0 Å². The standard InChI is InChI=1S/C16H21N5O3/c1-9(15(23)18-7-10-6-17-8-13(10)22)19-16(24)14-11-4-2-3-5-12(11)20-21-14/h2-5,9-10,13,17,22H,6-8H2,1H3,(H,18,23)(H,19,24)(H,20,21). The van der Waals surface area contributed by atoms with Crippen LogP contribution in [0, 0.1) is 5.92 Å². The second-order valence-electron chi connectivity index (χ2n) is 6.04. The van der Waals surface area contributed by atoms with Crippen LogP contribution >= 0.6 is 0 Å². The van der Waals surface area contributed by atoms with Crippen LogP contribution in [0.4, 0.5) is 0 Å². The lowest BCUT2D eigenvalue weighted by Gasteiger charge is -2.17. The third kappa shape index (κ3) is 3.39. The molecule has 3 atom stereocenters. The van der Waals surface area contributed by atoms with E-state index in [1.807, 2.05) is 18.2 Å². The summed E-state index contributed by atoms with van der Waals surface area (Å²) in [5, 5.41) is 25.7. The van der Waals surface area contributed by atoms with E-state index in [1.54, 1.807) is 13.0 Å². The molecule has 0 bridgehead atoms. The minimum Gasteiger partial charge on any atom is -0.391 e. The summed E-state index contributed by atoms with van der Waals surface area (Å²) in [6, 6.07) is 6.61. The second kappa shape index (κ2) is 6.98. The molecule has 8 nitrogen and oxygen atoms in total. The summed E-state index contributed by atoms with van der Waals surface area (Å²) in [7, 11) is 0. The zero-order valence-electron chi connectivity index (χ0n) is 13.4. The Balaban J connectivity index is 1.56. The number of rotatable bonds is 5. The maximum atomic E-state index is 12.3. The van der Waals surface area contributed by atoms with Gasteiger partial charge in [-0.05, 0) is 13.0 Å². The molecule has 1 fully saturated rings. The molecule has 3 unspecified atom stereocenters. The predicted molar refractivity (Wildman–Crippen MR) is 88.4 cm³/mol. The average molecular weight is 331 g/mol. The van der Waals surface area contributed by atoms with Crippen molar-refractivity contribution in [1.82, 2.24) is 26.1 Å². The Morgan fingerprint density at radius 2 is 2.17 bits per heavy atom. The number of amides is 2. The van der Waals surface area contributed by atoms with Crippen molar-refractivity contribution in [2.75, 3.05) is 19.6 Å². The number of hydrogen-bond donors (Lipinski definition) is 5. The van der Waals surface area contributed by atoms with E-state index < -0.39 is 18.1 Å². The first-order valence-corrected chi connectivity index (χ1v) is 7.96. The van der Waals surface area contributed by atoms with Crippen LogP contribution in [0.1, 0.15) is 17.4 Å². The Labute approximate surface area is 139 Å². The Hall–Kier alpha value is -2.45. The topological polar surface area (TPSA) is 119 Å². The number of fused-ring (bicyclic) bond motifs is 1. The average Bonchev–Trinajstić information content (AvgIpc) is 3.18. The number of benzene rings is 1. The fraction of sp³-hybridized carbons (Fsp3) is 0.438. The summed E-state index contributed by atoms with van der Waals surface area (Å²) >= 11 is 0. The van der Waals surface area contributed by atoms with E-state index in [2.05, 4.69) is 26.1 Å². The quantitative estimate of drug-likeness (QED) is 0.500. The number of carbonyl (C=O) groups is 2. The summed E-state index contributed by atoms with van der Waals surface area (Å²) in [5.74, 6) is -0.702. The van der Waals surface area contributed by atoms with E-state index in [4.69, 9.17) is 0 Å². The van der Waals surface area contributed by atoms with Crippen molar-refractivity contribution >= 4 is 22.7 Å². The third-order valence-corrected chi connectivity index (χ3v) is 4.27. The second-order valence-corrected chi connectivity index (χ2v) is 6.04. The summed E-state index contributed by atoms with van der Waals surface area (Å²) in [6.45, 7) is 3.20. The summed E-state index contributed by atoms with van der Waals surface area (Å²) in [5.41, 5.74) is 1.03. The van der Waals surface area contributed by atoms with Gasteiger partial charge in [0.25, 0.3) is 5.91 Å². The first kappa shape index (κ1) is 16.4. The highest BCUT2D eigenvalue weighted by molar-refractivity contribution is 6.05. The van der Waals surface area contributed by atoms with E-state index in [0.717, 1.165) is 5.52 Å². The summed E-state index contributed by atoms with van der Waals surface area (Å²) in [6.07, 6.45) is -0.453. The van der Waals surface area contributed by atoms with E-state index in [0.29, 0.717) is 25.0 Å². The van der Waals surface area contributed by atoms with Crippen molar-refractivity contribution in [3.8, 4) is 0 Å². The van der Waals surface area contributed by atoms with Crippen LogP contribution in [0.5, 0.6) is 0 Å². The molecule has 0 spiro atoms. The molecular weight excluding hydrogens is 310 g/mol. The number of aromatic amines is 1. The van der Waals surface area contributed by atoms with Crippen LogP contribution < -0.4 is 16.0 Å². The molecular formula is C16H21N5O3. The maximum absolute atomic E-state index is 12.3. The lowest BCUT2D eigenvalue weighted by molar-refractivity contribution is -0.122. The van der Waals surface area contributed by atoms with Crippen molar-refractivity contribution in [3.05, 3.63) is 30.0 Å². The highest BCUT2D eigenvalue weighted by Gasteiger charge is 2.26. The zero-order valence-corrected chi connectivity index (χ0v) is 13.4. The first-order chi connectivity index (χ1) is 11.6. The van der Waals surface area contributed by atoms with Gasteiger partial charge in [0.1, 0.15) is 6.04 Å². The minimum atomic E-state index is -0.695. The zero-order chi connectivity index (χ0) is 17.1. The molecule has 5 N–H and O–H groups in total. The van der Waals surface area contributed by atoms with Crippen molar-refractivity contribution in [3.63, 3.8) is 0 Å². The van der Waals surface area contributed by atoms with Crippen LogP contribution in [0.25, 0.3) is 10.9 Å². The molecule has 1 aromatic carbocycles. The molecule has 24 heavy (non-hydrogen) atoms. The predicted octanol–water partition coefficient (Wildman–Crippen LogP) is -0.622. The highest BCUT2D eigenvalue weighted by Crippen LogP contribution is 2.15. The summed E-state index contributed by atoms with van der Waals surface area (Å²) in [4.78, 5) is 24.4. The van der Waals surface area contributed by atoms with Crippen molar-refractivity contribution in [2.45, 2.75) is 19.1 Å².